The third-order valence-electron chi connectivity index (χ3n) is 2.74. The summed E-state index contributed by atoms with van der Waals surface area (Å²) in [6.07, 6.45) is 0. The first kappa shape index (κ1) is 13.8. The highest BCUT2D eigenvalue weighted by atomic mass is 32.1. The van der Waals surface area contributed by atoms with Gasteiger partial charge in [0.1, 0.15) is 10.7 Å². The second kappa shape index (κ2) is 5.87. The van der Waals surface area contributed by atoms with Gasteiger partial charge in [-0.15, -0.1) is 0 Å². The van der Waals surface area contributed by atoms with Crippen LogP contribution in [0.1, 0.15) is 26.3 Å². The fraction of sp³-hybridized carbons (Fsp3) is 0.462. The van der Waals surface area contributed by atoms with E-state index in [0.717, 1.165) is 23.5 Å². The first-order valence-corrected chi connectivity index (χ1v) is 6.16. The van der Waals surface area contributed by atoms with Crippen LogP contribution in [-0.2, 0) is 0 Å². The summed E-state index contributed by atoms with van der Waals surface area (Å²) in [7, 11) is 1.66. The van der Waals surface area contributed by atoms with Crippen molar-refractivity contribution >= 4 is 22.9 Å². The second-order valence-corrected chi connectivity index (χ2v) is 4.57. The van der Waals surface area contributed by atoms with Crippen LogP contribution in [0.15, 0.2) is 18.2 Å². The van der Waals surface area contributed by atoms with Gasteiger partial charge in [-0.3, -0.25) is 0 Å². The van der Waals surface area contributed by atoms with Gasteiger partial charge in [-0.1, -0.05) is 12.2 Å². The van der Waals surface area contributed by atoms with Crippen LogP contribution in [-0.4, -0.2) is 24.7 Å². The molecule has 0 aliphatic carbocycles. The normalized spacial score (nSPS) is 10.4. The van der Waals surface area contributed by atoms with Gasteiger partial charge in [-0.25, -0.2) is 0 Å². The summed E-state index contributed by atoms with van der Waals surface area (Å²) in [5.74, 6) is 0.819. The molecule has 0 fully saturated rings. The van der Waals surface area contributed by atoms with Gasteiger partial charge >= 0.3 is 0 Å². The molecule has 0 radical (unpaired) electrons. The van der Waals surface area contributed by atoms with Crippen LogP contribution in [0.3, 0.4) is 0 Å². The molecule has 17 heavy (non-hydrogen) atoms. The molecule has 0 spiro atoms. The SMILES string of the molecule is CCN(c1cc(OC)ccc1C(N)=S)C(C)C. The Kier molecular flexibility index (Phi) is 4.75. The monoisotopic (exact) mass is 252 g/mol. The lowest BCUT2D eigenvalue weighted by Gasteiger charge is -2.29. The number of anilines is 1. The molecule has 0 bridgehead atoms. The molecule has 0 amide bonds. The fourth-order valence-corrected chi connectivity index (χ4v) is 2.07. The Balaban J connectivity index is 3.29. The minimum atomic E-state index is 0.389. The third kappa shape index (κ3) is 3.09. The zero-order valence-corrected chi connectivity index (χ0v) is 11.7. The van der Waals surface area contributed by atoms with Gasteiger partial charge < -0.3 is 15.4 Å². The molecule has 3 nitrogen and oxygen atoms in total. The number of nitrogens with two attached hydrogens (primary N) is 1. The summed E-state index contributed by atoms with van der Waals surface area (Å²) < 4.78 is 5.25. The van der Waals surface area contributed by atoms with Crippen LogP contribution in [0.4, 0.5) is 5.69 Å². The van der Waals surface area contributed by atoms with Crippen LogP contribution in [0.5, 0.6) is 5.75 Å². The predicted octanol–water partition coefficient (Wildman–Crippen LogP) is 2.56. The smallest absolute Gasteiger partial charge is 0.120 e. The number of nitrogens with zero attached hydrogens (tertiary/aromatic N) is 1. The molecule has 2 N–H and O–H groups in total. The average molecular weight is 252 g/mol. The summed E-state index contributed by atoms with van der Waals surface area (Å²) in [5, 5.41) is 0. The molecule has 0 aromatic heterocycles. The Labute approximate surface area is 109 Å². The molecule has 1 aromatic carbocycles. The van der Waals surface area contributed by atoms with Crippen molar-refractivity contribution in [3.63, 3.8) is 0 Å². The van der Waals surface area contributed by atoms with Crippen molar-refractivity contribution in [3.8, 4) is 5.75 Å². The first-order chi connectivity index (χ1) is 8.01. The van der Waals surface area contributed by atoms with Crippen LogP contribution in [0.25, 0.3) is 0 Å². The van der Waals surface area contributed by atoms with E-state index in [0.29, 0.717) is 11.0 Å². The minimum absolute atomic E-state index is 0.389. The molecule has 0 saturated heterocycles. The number of hydrogen-bond acceptors (Lipinski definition) is 3. The van der Waals surface area contributed by atoms with Crippen molar-refractivity contribution in [2.45, 2.75) is 26.8 Å². The zero-order valence-electron chi connectivity index (χ0n) is 10.9. The summed E-state index contributed by atoms with van der Waals surface area (Å²) in [6, 6.07) is 6.17. The molecule has 0 unspecified atom stereocenters. The van der Waals surface area contributed by atoms with E-state index in [1.807, 2.05) is 18.2 Å². The van der Waals surface area contributed by atoms with Crippen LogP contribution in [0, 0.1) is 0 Å². The maximum atomic E-state index is 5.76. The molecule has 1 aromatic rings. The molecule has 94 valence electrons. The van der Waals surface area contributed by atoms with Gasteiger partial charge in [-0.05, 0) is 32.9 Å². The molecular weight excluding hydrogens is 232 g/mol. The van der Waals surface area contributed by atoms with Crippen molar-refractivity contribution in [1.82, 2.24) is 0 Å². The number of thiocarbonyl (C=S) groups is 1. The minimum Gasteiger partial charge on any atom is -0.497 e. The van der Waals surface area contributed by atoms with Crippen molar-refractivity contribution in [2.75, 3.05) is 18.6 Å². The molecule has 0 saturated carbocycles. The molecule has 4 heteroatoms. The van der Waals surface area contributed by atoms with Gasteiger partial charge in [0.15, 0.2) is 0 Å². The van der Waals surface area contributed by atoms with Crippen LogP contribution >= 0.6 is 12.2 Å². The van der Waals surface area contributed by atoms with Crippen molar-refractivity contribution in [2.24, 2.45) is 5.73 Å². The molecule has 0 aliphatic rings. The summed E-state index contributed by atoms with van der Waals surface area (Å²) in [6.45, 7) is 7.31. The Morgan fingerprint density at radius 2 is 2.12 bits per heavy atom. The molecule has 1 rings (SSSR count). The van der Waals surface area contributed by atoms with Gasteiger partial charge in [0, 0.05) is 24.2 Å². The maximum absolute atomic E-state index is 5.76. The Morgan fingerprint density at radius 3 is 2.53 bits per heavy atom. The number of ether oxygens (including phenoxy) is 1. The van der Waals surface area contributed by atoms with E-state index in [1.165, 1.54) is 0 Å². The van der Waals surface area contributed by atoms with Crippen LogP contribution < -0.4 is 15.4 Å². The lowest BCUT2D eigenvalue weighted by molar-refractivity contribution is 0.414. The molecule has 0 aliphatic heterocycles. The molecule has 0 atom stereocenters. The van der Waals surface area contributed by atoms with Gasteiger partial charge in [0.05, 0.1) is 12.8 Å². The fourth-order valence-electron chi connectivity index (χ4n) is 1.90. The van der Waals surface area contributed by atoms with E-state index in [2.05, 4.69) is 25.7 Å². The Hall–Kier alpha value is -1.29. The summed E-state index contributed by atoms with van der Waals surface area (Å²) in [5.41, 5.74) is 7.70. The number of rotatable bonds is 5. The Bertz CT molecular complexity index is 404. The number of hydrogen-bond donors (Lipinski definition) is 1. The van der Waals surface area contributed by atoms with E-state index in [4.69, 9.17) is 22.7 Å². The van der Waals surface area contributed by atoms with E-state index in [9.17, 15) is 0 Å². The van der Waals surface area contributed by atoms with E-state index in [-0.39, 0.29) is 0 Å². The lowest BCUT2D eigenvalue weighted by atomic mass is 10.1. The zero-order chi connectivity index (χ0) is 13.0. The van der Waals surface area contributed by atoms with Crippen LogP contribution in [0.2, 0.25) is 0 Å². The van der Waals surface area contributed by atoms with Gasteiger partial charge in [0.2, 0.25) is 0 Å². The second-order valence-electron chi connectivity index (χ2n) is 4.13. The standard InChI is InChI=1S/C13H20N2OS/c1-5-15(9(2)3)12-8-10(16-4)6-7-11(12)13(14)17/h6-9H,5H2,1-4H3,(H2,14,17). The Morgan fingerprint density at radius 1 is 1.47 bits per heavy atom. The lowest BCUT2D eigenvalue weighted by Crippen LogP contribution is -2.32. The summed E-state index contributed by atoms with van der Waals surface area (Å²) in [4.78, 5) is 2.67. The quantitative estimate of drug-likeness (QED) is 0.817. The first-order valence-electron chi connectivity index (χ1n) is 5.75. The highest BCUT2D eigenvalue weighted by Crippen LogP contribution is 2.27. The van der Waals surface area contributed by atoms with Crippen molar-refractivity contribution < 1.29 is 4.74 Å². The van der Waals surface area contributed by atoms with Crippen molar-refractivity contribution in [1.29, 1.82) is 0 Å². The summed E-state index contributed by atoms with van der Waals surface area (Å²) >= 11 is 5.09. The number of methoxy groups -OCH3 is 1. The van der Waals surface area contributed by atoms with E-state index in [1.54, 1.807) is 7.11 Å². The van der Waals surface area contributed by atoms with E-state index < -0.39 is 0 Å². The van der Waals surface area contributed by atoms with E-state index >= 15 is 0 Å². The number of benzene rings is 1. The van der Waals surface area contributed by atoms with Crippen molar-refractivity contribution in [3.05, 3.63) is 23.8 Å². The predicted molar refractivity (Wildman–Crippen MR) is 77.0 cm³/mol. The topological polar surface area (TPSA) is 38.5 Å². The van der Waals surface area contributed by atoms with Gasteiger partial charge in [-0.2, -0.15) is 0 Å². The highest BCUT2D eigenvalue weighted by molar-refractivity contribution is 7.80. The molecular formula is C13H20N2OS. The third-order valence-corrected chi connectivity index (χ3v) is 2.96. The van der Waals surface area contributed by atoms with Gasteiger partial charge in [0.25, 0.3) is 0 Å². The highest BCUT2D eigenvalue weighted by Gasteiger charge is 2.15. The largest absolute Gasteiger partial charge is 0.497 e. The maximum Gasteiger partial charge on any atom is 0.120 e. The average Bonchev–Trinajstić information content (AvgIpc) is 2.29. The molecule has 0 heterocycles.